The van der Waals surface area contributed by atoms with Crippen molar-refractivity contribution in [2.75, 3.05) is 26.3 Å². The highest BCUT2D eigenvalue weighted by atomic mass is 16.5. The second-order valence-corrected chi connectivity index (χ2v) is 4.46. The number of amides is 1. The lowest BCUT2D eigenvalue weighted by atomic mass is 10.1. The lowest BCUT2D eigenvalue weighted by Gasteiger charge is -2.23. The molecule has 15 heavy (non-hydrogen) atoms. The number of nitrogens with one attached hydrogen (secondary N) is 2. The minimum absolute atomic E-state index is 0.149. The Labute approximate surface area is 91.8 Å². The third-order valence-corrected chi connectivity index (χ3v) is 2.49. The molecule has 88 valence electrons. The van der Waals surface area contributed by atoms with Crippen molar-refractivity contribution in [1.29, 1.82) is 0 Å². The summed E-state index contributed by atoms with van der Waals surface area (Å²) in [6, 6.07) is 0.279. The van der Waals surface area contributed by atoms with Gasteiger partial charge in [0.1, 0.15) is 0 Å². The lowest BCUT2D eigenvalue weighted by Crippen LogP contribution is -2.48. The molecule has 0 aliphatic carbocycles. The third-order valence-electron chi connectivity index (χ3n) is 2.49. The molecule has 0 aromatic heterocycles. The molecule has 1 atom stereocenters. The maximum Gasteiger partial charge on any atom is 0.220 e. The van der Waals surface area contributed by atoms with Gasteiger partial charge in [0, 0.05) is 25.6 Å². The summed E-state index contributed by atoms with van der Waals surface area (Å²) in [5.41, 5.74) is 0. The van der Waals surface area contributed by atoms with Crippen LogP contribution in [0.25, 0.3) is 0 Å². The molecule has 0 radical (unpaired) electrons. The fourth-order valence-electron chi connectivity index (χ4n) is 1.50. The highest BCUT2D eigenvalue weighted by Crippen LogP contribution is 2.02. The first-order valence-corrected chi connectivity index (χ1v) is 5.76. The maximum absolute atomic E-state index is 11.4. The van der Waals surface area contributed by atoms with Gasteiger partial charge < -0.3 is 15.4 Å². The summed E-state index contributed by atoms with van der Waals surface area (Å²) >= 11 is 0. The second-order valence-electron chi connectivity index (χ2n) is 4.46. The van der Waals surface area contributed by atoms with E-state index in [0.29, 0.717) is 25.5 Å². The van der Waals surface area contributed by atoms with Gasteiger partial charge in [-0.3, -0.25) is 4.79 Å². The standard InChI is InChI=1S/C11H22N2O2/c1-9(2)3-4-11(14)13-7-10-8-15-6-5-12-10/h9-10,12H,3-8H2,1-2H3,(H,13,14). The lowest BCUT2D eigenvalue weighted by molar-refractivity contribution is -0.121. The molecule has 0 aromatic carbocycles. The van der Waals surface area contributed by atoms with E-state index in [0.717, 1.165) is 19.6 Å². The van der Waals surface area contributed by atoms with Crippen LogP contribution in [0.1, 0.15) is 26.7 Å². The van der Waals surface area contributed by atoms with Crippen LogP contribution in [-0.2, 0) is 9.53 Å². The van der Waals surface area contributed by atoms with Gasteiger partial charge in [0.05, 0.1) is 13.2 Å². The van der Waals surface area contributed by atoms with Crippen molar-refractivity contribution in [1.82, 2.24) is 10.6 Å². The highest BCUT2D eigenvalue weighted by Gasteiger charge is 2.13. The number of carbonyl (C=O) groups is 1. The smallest absolute Gasteiger partial charge is 0.220 e. The number of morpholine rings is 1. The number of carbonyl (C=O) groups excluding carboxylic acids is 1. The minimum Gasteiger partial charge on any atom is -0.378 e. The van der Waals surface area contributed by atoms with E-state index in [4.69, 9.17) is 4.74 Å². The summed E-state index contributed by atoms with van der Waals surface area (Å²) in [6.45, 7) is 7.29. The van der Waals surface area contributed by atoms with Crippen LogP contribution in [0.3, 0.4) is 0 Å². The first kappa shape index (κ1) is 12.5. The molecular formula is C11H22N2O2. The molecule has 1 rings (SSSR count). The Balaban J connectivity index is 2.05. The van der Waals surface area contributed by atoms with Gasteiger partial charge in [-0.05, 0) is 12.3 Å². The van der Waals surface area contributed by atoms with Crippen LogP contribution in [-0.4, -0.2) is 38.3 Å². The van der Waals surface area contributed by atoms with E-state index in [1.165, 1.54) is 0 Å². The van der Waals surface area contributed by atoms with Gasteiger partial charge in [-0.2, -0.15) is 0 Å². The highest BCUT2D eigenvalue weighted by molar-refractivity contribution is 5.75. The molecule has 1 heterocycles. The number of ether oxygens (including phenoxy) is 1. The Morgan fingerprint density at radius 1 is 1.60 bits per heavy atom. The normalized spacial score (nSPS) is 21.7. The van der Waals surface area contributed by atoms with Crippen molar-refractivity contribution in [2.24, 2.45) is 5.92 Å². The molecule has 2 N–H and O–H groups in total. The predicted molar refractivity (Wildman–Crippen MR) is 59.7 cm³/mol. The number of rotatable bonds is 5. The summed E-state index contributed by atoms with van der Waals surface area (Å²) in [5.74, 6) is 0.739. The van der Waals surface area contributed by atoms with E-state index in [1.54, 1.807) is 0 Å². The topological polar surface area (TPSA) is 50.4 Å². The van der Waals surface area contributed by atoms with Crippen LogP contribution >= 0.6 is 0 Å². The van der Waals surface area contributed by atoms with Crippen molar-refractivity contribution < 1.29 is 9.53 Å². The quantitative estimate of drug-likeness (QED) is 0.702. The zero-order chi connectivity index (χ0) is 11.1. The summed E-state index contributed by atoms with van der Waals surface area (Å²) in [4.78, 5) is 11.4. The van der Waals surface area contributed by atoms with E-state index >= 15 is 0 Å². The summed E-state index contributed by atoms with van der Waals surface area (Å²) in [6.07, 6.45) is 1.59. The minimum atomic E-state index is 0.149. The van der Waals surface area contributed by atoms with Crippen LogP contribution in [0, 0.1) is 5.92 Å². The molecule has 1 aliphatic heterocycles. The Morgan fingerprint density at radius 2 is 2.40 bits per heavy atom. The van der Waals surface area contributed by atoms with E-state index in [1.807, 2.05) is 0 Å². The molecule has 0 saturated carbocycles. The van der Waals surface area contributed by atoms with Gasteiger partial charge in [0.2, 0.25) is 5.91 Å². The van der Waals surface area contributed by atoms with Gasteiger partial charge in [-0.1, -0.05) is 13.8 Å². The third kappa shape index (κ3) is 5.74. The van der Waals surface area contributed by atoms with E-state index in [-0.39, 0.29) is 11.9 Å². The van der Waals surface area contributed by atoms with Crippen molar-refractivity contribution in [2.45, 2.75) is 32.7 Å². The predicted octanol–water partition coefficient (Wildman–Crippen LogP) is 0.527. The Kier molecular flexibility index (Phi) is 5.65. The van der Waals surface area contributed by atoms with Gasteiger partial charge >= 0.3 is 0 Å². The molecule has 4 heteroatoms. The van der Waals surface area contributed by atoms with E-state index in [9.17, 15) is 4.79 Å². The number of hydrogen-bond acceptors (Lipinski definition) is 3. The zero-order valence-corrected chi connectivity index (χ0v) is 9.71. The Morgan fingerprint density at radius 3 is 3.00 bits per heavy atom. The van der Waals surface area contributed by atoms with Crippen molar-refractivity contribution in [3.05, 3.63) is 0 Å². The number of hydrogen-bond donors (Lipinski definition) is 2. The van der Waals surface area contributed by atoms with Gasteiger partial charge in [-0.15, -0.1) is 0 Å². The molecule has 1 amide bonds. The van der Waals surface area contributed by atoms with Crippen LogP contribution < -0.4 is 10.6 Å². The summed E-state index contributed by atoms with van der Waals surface area (Å²) in [5, 5.41) is 6.23. The molecule has 1 unspecified atom stereocenters. The zero-order valence-electron chi connectivity index (χ0n) is 9.71. The molecule has 1 saturated heterocycles. The SMILES string of the molecule is CC(C)CCC(=O)NCC1COCCN1. The van der Waals surface area contributed by atoms with Crippen LogP contribution in [0.2, 0.25) is 0 Å². The van der Waals surface area contributed by atoms with Gasteiger partial charge in [0.15, 0.2) is 0 Å². The van der Waals surface area contributed by atoms with Crippen LogP contribution in [0.15, 0.2) is 0 Å². The van der Waals surface area contributed by atoms with Gasteiger partial charge in [-0.25, -0.2) is 0 Å². The molecule has 0 spiro atoms. The van der Waals surface area contributed by atoms with E-state index in [2.05, 4.69) is 24.5 Å². The Bertz CT molecular complexity index is 189. The first-order valence-electron chi connectivity index (χ1n) is 5.76. The Hall–Kier alpha value is -0.610. The van der Waals surface area contributed by atoms with Crippen molar-refractivity contribution >= 4 is 5.91 Å². The molecule has 1 fully saturated rings. The average molecular weight is 214 g/mol. The molecular weight excluding hydrogens is 192 g/mol. The summed E-state index contributed by atoms with van der Waals surface area (Å²) < 4.78 is 5.30. The van der Waals surface area contributed by atoms with Gasteiger partial charge in [0.25, 0.3) is 0 Å². The molecule has 1 aliphatic rings. The van der Waals surface area contributed by atoms with Crippen molar-refractivity contribution in [3.8, 4) is 0 Å². The molecule has 0 aromatic rings. The monoisotopic (exact) mass is 214 g/mol. The van der Waals surface area contributed by atoms with Crippen LogP contribution in [0.4, 0.5) is 0 Å². The van der Waals surface area contributed by atoms with Crippen molar-refractivity contribution in [3.63, 3.8) is 0 Å². The first-order chi connectivity index (χ1) is 7.18. The molecule has 4 nitrogen and oxygen atoms in total. The fraction of sp³-hybridized carbons (Fsp3) is 0.909. The summed E-state index contributed by atoms with van der Waals surface area (Å²) in [7, 11) is 0. The molecule has 0 bridgehead atoms. The second kappa shape index (κ2) is 6.80. The fourth-order valence-corrected chi connectivity index (χ4v) is 1.50. The van der Waals surface area contributed by atoms with E-state index < -0.39 is 0 Å². The largest absolute Gasteiger partial charge is 0.378 e. The maximum atomic E-state index is 11.4. The average Bonchev–Trinajstić information content (AvgIpc) is 2.25. The van der Waals surface area contributed by atoms with Crippen LogP contribution in [0.5, 0.6) is 0 Å².